The molecule has 0 unspecified atom stereocenters. The third-order valence-electron chi connectivity index (χ3n) is 3.32. The van der Waals surface area contributed by atoms with Crippen molar-refractivity contribution in [3.63, 3.8) is 0 Å². The van der Waals surface area contributed by atoms with Gasteiger partial charge in [-0.1, -0.05) is 24.3 Å². The number of anilines is 1. The molecule has 0 bridgehead atoms. The van der Waals surface area contributed by atoms with Crippen molar-refractivity contribution in [1.82, 2.24) is 0 Å². The number of aryl methyl sites for hydroxylation is 1. The molecule has 4 nitrogen and oxygen atoms in total. The molecule has 1 aromatic heterocycles. The van der Waals surface area contributed by atoms with Gasteiger partial charge in [0.15, 0.2) is 0 Å². The smallest absolute Gasteiger partial charge is 0.376 e. The summed E-state index contributed by atoms with van der Waals surface area (Å²) in [6.07, 6.45) is 0. The fourth-order valence-corrected chi connectivity index (χ4v) is 3.17. The molecule has 5 heteroatoms. The Hall–Kier alpha value is -2.27. The van der Waals surface area contributed by atoms with Crippen LogP contribution in [0.4, 0.5) is 16.5 Å². The van der Waals surface area contributed by atoms with E-state index in [4.69, 9.17) is 0 Å². The summed E-state index contributed by atoms with van der Waals surface area (Å²) >= 11 is 1.65. The highest BCUT2D eigenvalue weighted by Crippen LogP contribution is 2.30. The van der Waals surface area contributed by atoms with Gasteiger partial charge in [-0.15, -0.1) is 0 Å². The SMILES string of the molecule is CN(C)c1ccccc1N=Nc1sc2ccccc2[n+]1C. The predicted molar refractivity (Wildman–Crippen MR) is 87.9 cm³/mol. The summed E-state index contributed by atoms with van der Waals surface area (Å²) in [7, 11) is 6.03. The van der Waals surface area contributed by atoms with Gasteiger partial charge in [0.05, 0.1) is 22.5 Å². The molecular weight excluding hydrogens is 280 g/mol. The molecule has 0 saturated heterocycles. The van der Waals surface area contributed by atoms with Crippen molar-refractivity contribution in [3.8, 4) is 0 Å². The number of fused-ring (bicyclic) bond motifs is 1. The van der Waals surface area contributed by atoms with Crippen LogP contribution in [0.25, 0.3) is 10.2 Å². The average Bonchev–Trinajstić information content (AvgIpc) is 2.82. The number of azo groups is 1. The monoisotopic (exact) mass is 297 g/mol. The Balaban J connectivity index is 2.01. The number of benzene rings is 2. The zero-order valence-electron chi connectivity index (χ0n) is 12.3. The number of aromatic nitrogens is 1. The van der Waals surface area contributed by atoms with Crippen LogP contribution in [-0.2, 0) is 7.05 Å². The number of nitrogens with zero attached hydrogens (tertiary/aromatic N) is 4. The average molecular weight is 297 g/mol. The van der Waals surface area contributed by atoms with Gasteiger partial charge in [0.2, 0.25) is 0 Å². The van der Waals surface area contributed by atoms with Crippen LogP contribution in [0.3, 0.4) is 0 Å². The minimum atomic E-state index is 0.875. The second-order valence-electron chi connectivity index (χ2n) is 4.99. The van der Waals surface area contributed by atoms with E-state index in [0.29, 0.717) is 0 Å². The highest BCUT2D eigenvalue weighted by Gasteiger charge is 2.15. The van der Waals surface area contributed by atoms with E-state index >= 15 is 0 Å². The maximum Gasteiger partial charge on any atom is 0.409 e. The van der Waals surface area contributed by atoms with Crippen LogP contribution in [0.15, 0.2) is 58.8 Å². The van der Waals surface area contributed by atoms with Gasteiger partial charge < -0.3 is 4.90 Å². The first-order chi connectivity index (χ1) is 10.2. The molecule has 0 spiro atoms. The molecule has 3 rings (SSSR count). The normalized spacial score (nSPS) is 11.4. The van der Waals surface area contributed by atoms with Crippen LogP contribution in [0.5, 0.6) is 0 Å². The summed E-state index contributed by atoms with van der Waals surface area (Å²) in [6.45, 7) is 0. The summed E-state index contributed by atoms with van der Waals surface area (Å²) in [5, 5.41) is 9.76. The number of para-hydroxylation sites is 2. The van der Waals surface area contributed by atoms with Crippen LogP contribution in [0, 0.1) is 0 Å². The minimum absolute atomic E-state index is 0.875. The summed E-state index contributed by atoms with van der Waals surface area (Å²) in [5.41, 5.74) is 3.11. The third-order valence-corrected chi connectivity index (χ3v) is 4.42. The zero-order valence-corrected chi connectivity index (χ0v) is 13.1. The van der Waals surface area contributed by atoms with Crippen molar-refractivity contribution in [2.45, 2.75) is 0 Å². The fourth-order valence-electron chi connectivity index (χ4n) is 2.20. The van der Waals surface area contributed by atoms with E-state index in [1.54, 1.807) is 11.3 Å². The summed E-state index contributed by atoms with van der Waals surface area (Å²) in [6, 6.07) is 16.3. The lowest BCUT2D eigenvalue weighted by Gasteiger charge is -2.12. The van der Waals surface area contributed by atoms with Crippen molar-refractivity contribution >= 4 is 38.1 Å². The van der Waals surface area contributed by atoms with Crippen LogP contribution < -0.4 is 9.47 Å². The van der Waals surface area contributed by atoms with E-state index in [2.05, 4.69) is 26.9 Å². The maximum atomic E-state index is 4.44. The van der Waals surface area contributed by atoms with Gasteiger partial charge in [-0.3, -0.25) is 0 Å². The van der Waals surface area contributed by atoms with Crippen LogP contribution in [0.1, 0.15) is 0 Å². The van der Waals surface area contributed by atoms with Crippen molar-refractivity contribution in [2.24, 2.45) is 17.3 Å². The molecule has 106 valence electrons. The summed E-state index contributed by atoms with van der Waals surface area (Å²) < 4.78 is 3.29. The van der Waals surface area contributed by atoms with Gasteiger partial charge in [-0.2, -0.15) is 0 Å². The Labute approximate surface area is 128 Å². The topological polar surface area (TPSA) is 31.8 Å². The Bertz CT molecular complexity index is 805. The molecule has 1 heterocycles. The maximum absolute atomic E-state index is 4.44. The van der Waals surface area contributed by atoms with E-state index < -0.39 is 0 Å². The van der Waals surface area contributed by atoms with Crippen molar-refractivity contribution in [2.75, 3.05) is 19.0 Å². The Morgan fingerprint density at radius 3 is 2.43 bits per heavy atom. The van der Waals surface area contributed by atoms with Crippen LogP contribution in [-0.4, -0.2) is 14.1 Å². The molecule has 0 fully saturated rings. The summed E-state index contributed by atoms with van der Waals surface area (Å²) in [4.78, 5) is 2.04. The Morgan fingerprint density at radius 2 is 1.67 bits per heavy atom. The summed E-state index contributed by atoms with van der Waals surface area (Å²) in [5.74, 6) is 0. The second kappa shape index (κ2) is 5.61. The van der Waals surface area contributed by atoms with E-state index in [1.165, 1.54) is 10.2 Å². The van der Waals surface area contributed by atoms with Crippen molar-refractivity contribution < 1.29 is 4.57 Å². The van der Waals surface area contributed by atoms with E-state index in [1.807, 2.05) is 62.4 Å². The number of rotatable bonds is 3. The van der Waals surface area contributed by atoms with Gasteiger partial charge in [0.25, 0.3) is 0 Å². The lowest BCUT2D eigenvalue weighted by molar-refractivity contribution is -0.627. The van der Waals surface area contributed by atoms with E-state index in [9.17, 15) is 0 Å². The van der Waals surface area contributed by atoms with Gasteiger partial charge in [-0.25, -0.2) is 4.57 Å². The molecule has 2 aromatic carbocycles. The number of thiazole rings is 1. The number of hydrogen-bond donors (Lipinski definition) is 0. The molecule has 21 heavy (non-hydrogen) atoms. The third kappa shape index (κ3) is 2.64. The largest absolute Gasteiger partial charge is 0.409 e. The molecule has 0 aliphatic carbocycles. The predicted octanol–water partition coefficient (Wildman–Crippen LogP) is 4.21. The van der Waals surface area contributed by atoms with Crippen molar-refractivity contribution in [1.29, 1.82) is 0 Å². The van der Waals surface area contributed by atoms with Gasteiger partial charge in [-0.05, 0) is 40.7 Å². The molecule has 0 aliphatic rings. The Morgan fingerprint density at radius 1 is 0.952 bits per heavy atom. The molecule has 0 atom stereocenters. The van der Waals surface area contributed by atoms with E-state index in [-0.39, 0.29) is 0 Å². The quantitative estimate of drug-likeness (QED) is 0.526. The lowest BCUT2D eigenvalue weighted by atomic mass is 10.2. The molecule has 3 aromatic rings. The highest BCUT2D eigenvalue weighted by atomic mass is 32.1. The fraction of sp³-hybridized carbons (Fsp3) is 0.188. The minimum Gasteiger partial charge on any atom is -0.376 e. The first kappa shape index (κ1) is 13.7. The second-order valence-corrected chi connectivity index (χ2v) is 6.00. The van der Waals surface area contributed by atoms with Crippen LogP contribution >= 0.6 is 11.3 Å². The van der Waals surface area contributed by atoms with Crippen LogP contribution in [0.2, 0.25) is 0 Å². The standard InChI is InChI=1S/C16H17N4S/c1-19(2)13-9-5-4-8-12(13)17-18-16-20(3)14-10-6-7-11-15(14)21-16/h4-11H,1-3H3/q+1. The lowest BCUT2D eigenvalue weighted by Crippen LogP contribution is -2.25. The molecular formula is C16H17N4S+. The number of hydrogen-bond acceptors (Lipinski definition) is 4. The first-order valence-corrected chi connectivity index (χ1v) is 7.54. The molecule has 0 radical (unpaired) electrons. The zero-order chi connectivity index (χ0) is 14.8. The molecule has 0 N–H and O–H groups in total. The van der Waals surface area contributed by atoms with E-state index in [0.717, 1.165) is 16.5 Å². The van der Waals surface area contributed by atoms with Gasteiger partial charge >= 0.3 is 5.13 Å². The van der Waals surface area contributed by atoms with Crippen molar-refractivity contribution in [3.05, 3.63) is 48.5 Å². The van der Waals surface area contributed by atoms with Gasteiger partial charge in [0.1, 0.15) is 11.2 Å². The molecule has 0 saturated carbocycles. The molecule has 0 amide bonds. The molecule has 0 aliphatic heterocycles. The first-order valence-electron chi connectivity index (χ1n) is 6.72. The highest BCUT2D eigenvalue weighted by molar-refractivity contribution is 7.21. The Kier molecular flexibility index (Phi) is 3.66. The van der Waals surface area contributed by atoms with Gasteiger partial charge in [0, 0.05) is 14.1 Å².